The number of amides is 3. The summed E-state index contributed by atoms with van der Waals surface area (Å²) in [6, 6.07) is 12.2. The third-order valence-electron chi connectivity index (χ3n) is 6.29. The standard InChI is InChI=1S/C29H40N4O4S/c1-5-16-38-25-14-13-21(18-22(25)30)20-11-9-19(10-12-20)17-23(26(31)34)32-27(35)24-8-6-7-15-33(24)28(36)37-29(2,3)4/h9-14,18,23-24H,5-8,15-17,30H2,1-4H3,(H2,31,34)(H,32,35)/t23-,24-/m0/s1. The van der Waals surface area contributed by atoms with Gasteiger partial charge >= 0.3 is 6.09 Å². The summed E-state index contributed by atoms with van der Waals surface area (Å²) in [6.07, 6.45) is 2.91. The molecule has 38 heavy (non-hydrogen) atoms. The first-order chi connectivity index (χ1) is 18.0. The number of anilines is 1. The summed E-state index contributed by atoms with van der Waals surface area (Å²) in [7, 11) is 0. The maximum absolute atomic E-state index is 13.2. The van der Waals surface area contributed by atoms with Gasteiger partial charge in [-0.05, 0) is 81.0 Å². The molecular weight excluding hydrogens is 500 g/mol. The molecule has 2 atom stereocenters. The van der Waals surface area contributed by atoms with E-state index in [1.807, 2.05) is 36.4 Å². The second kappa shape index (κ2) is 13.0. The van der Waals surface area contributed by atoms with Crippen molar-refractivity contribution >= 4 is 35.4 Å². The molecule has 1 aliphatic heterocycles. The van der Waals surface area contributed by atoms with E-state index >= 15 is 0 Å². The van der Waals surface area contributed by atoms with Gasteiger partial charge in [0.05, 0.1) is 0 Å². The fourth-order valence-electron chi connectivity index (χ4n) is 4.37. The molecule has 1 aliphatic rings. The van der Waals surface area contributed by atoms with Crippen LogP contribution in [0.4, 0.5) is 10.5 Å². The zero-order valence-electron chi connectivity index (χ0n) is 22.8. The Morgan fingerprint density at radius 1 is 1.11 bits per heavy atom. The van der Waals surface area contributed by atoms with E-state index in [9.17, 15) is 14.4 Å². The molecule has 1 fully saturated rings. The van der Waals surface area contributed by atoms with Crippen molar-refractivity contribution in [2.45, 2.75) is 82.4 Å². The minimum absolute atomic E-state index is 0.245. The van der Waals surface area contributed by atoms with Crippen LogP contribution >= 0.6 is 11.8 Å². The quantitative estimate of drug-likeness (QED) is 0.311. The predicted octanol–water partition coefficient (Wildman–Crippen LogP) is 4.74. The van der Waals surface area contributed by atoms with Crippen LogP contribution in [0.15, 0.2) is 47.4 Å². The molecule has 3 amide bonds. The lowest BCUT2D eigenvalue weighted by Gasteiger charge is -2.36. The Hall–Kier alpha value is -3.20. The van der Waals surface area contributed by atoms with Crippen LogP contribution in [-0.2, 0) is 20.7 Å². The van der Waals surface area contributed by atoms with Gasteiger partial charge < -0.3 is 21.5 Å². The number of nitrogens with one attached hydrogen (secondary N) is 1. The first-order valence-corrected chi connectivity index (χ1v) is 14.2. The lowest BCUT2D eigenvalue weighted by atomic mass is 9.98. The fraction of sp³-hybridized carbons (Fsp3) is 0.483. The van der Waals surface area contributed by atoms with Crippen LogP contribution < -0.4 is 16.8 Å². The van der Waals surface area contributed by atoms with Crippen molar-refractivity contribution in [3.05, 3.63) is 48.0 Å². The number of piperidine rings is 1. The Balaban J connectivity index is 1.67. The zero-order chi connectivity index (χ0) is 27.9. The minimum Gasteiger partial charge on any atom is -0.444 e. The van der Waals surface area contributed by atoms with Crippen LogP contribution in [0.2, 0.25) is 0 Å². The Labute approximate surface area is 229 Å². The number of ether oxygens (including phenoxy) is 1. The molecule has 0 saturated carbocycles. The minimum atomic E-state index is -0.902. The summed E-state index contributed by atoms with van der Waals surface area (Å²) in [5.74, 6) is -0.00207. The van der Waals surface area contributed by atoms with Crippen LogP contribution in [0.1, 0.15) is 58.9 Å². The van der Waals surface area contributed by atoms with Crippen molar-refractivity contribution in [2.75, 3.05) is 18.0 Å². The Bertz CT molecular complexity index is 1130. The first-order valence-electron chi connectivity index (χ1n) is 13.2. The van der Waals surface area contributed by atoms with Crippen molar-refractivity contribution in [1.29, 1.82) is 0 Å². The molecule has 1 heterocycles. The highest BCUT2D eigenvalue weighted by atomic mass is 32.2. The van der Waals surface area contributed by atoms with Crippen molar-refractivity contribution in [3.8, 4) is 11.1 Å². The largest absolute Gasteiger partial charge is 0.444 e. The molecule has 9 heteroatoms. The van der Waals surface area contributed by atoms with E-state index in [0.717, 1.165) is 52.3 Å². The Morgan fingerprint density at radius 2 is 1.79 bits per heavy atom. The molecule has 0 spiro atoms. The molecule has 0 radical (unpaired) electrons. The summed E-state index contributed by atoms with van der Waals surface area (Å²) in [6.45, 7) is 7.93. The second-order valence-electron chi connectivity index (χ2n) is 10.7. The van der Waals surface area contributed by atoms with Crippen molar-refractivity contribution < 1.29 is 19.1 Å². The highest BCUT2D eigenvalue weighted by molar-refractivity contribution is 7.99. The summed E-state index contributed by atoms with van der Waals surface area (Å²) in [5, 5.41) is 2.78. The third-order valence-corrected chi connectivity index (χ3v) is 7.59. The summed E-state index contributed by atoms with van der Waals surface area (Å²) in [5.41, 5.74) is 14.9. The van der Waals surface area contributed by atoms with Crippen LogP contribution in [-0.4, -0.2) is 52.8 Å². The molecule has 0 aromatic heterocycles. The number of thioether (sulfide) groups is 1. The zero-order valence-corrected chi connectivity index (χ0v) is 23.6. The molecule has 5 N–H and O–H groups in total. The number of benzene rings is 2. The SMILES string of the molecule is CCCSc1ccc(-c2ccc(C[C@H](NC(=O)[C@@H]3CCCCN3C(=O)OC(C)(C)C)C(N)=O)cc2)cc1N. The van der Waals surface area contributed by atoms with E-state index in [1.54, 1.807) is 32.5 Å². The van der Waals surface area contributed by atoms with Gasteiger partial charge in [0.15, 0.2) is 0 Å². The molecule has 1 saturated heterocycles. The van der Waals surface area contributed by atoms with Gasteiger partial charge in [-0.25, -0.2) is 4.79 Å². The molecule has 8 nitrogen and oxygen atoms in total. The number of nitrogen functional groups attached to an aromatic ring is 1. The van der Waals surface area contributed by atoms with Crippen molar-refractivity contribution in [3.63, 3.8) is 0 Å². The molecule has 0 aliphatic carbocycles. The molecule has 0 bridgehead atoms. The van der Waals surface area contributed by atoms with E-state index in [-0.39, 0.29) is 6.42 Å². The van der Waals surface area contributed by atoms with Gasteiger partial charge in [-0.1, -0.05) is 37.3 Å². The number of carbonyl (C=O) groups is 3. The Morgan fingerprint density at radius 3 is 2.39 bits per heavy atom. The normalized spacial score (nSPS) is 16.5. The topological polar surface area (TPSA) is 128 Å². The molecule has 2 aromatic carbocycles. The van der Waals surface area contributed by atoms with Crippen molar-refractivity contribution in [1.82, 2.24) is 10.2 Å². The van der Waals surface area contributed by atoms with E-state index < -0.39 is 35.6 Å². The van der Waals surface area contributed by atoms with E-state index in [2.05, 4.69) is 18.3 Å². The van der Waals surface area contributed by atoms with Crippen LogP contribution in [0.3, 0.4) is 0 Å². The highest BCUT2D eigenvalue weighted by Crippen LogP contribution is 2.30. The predicted molar refractivity (Wildman–Crippen MR) is 153 cm³/mol. The number of hydrogen-bond acceptors (Lipinski definition) is 6. The number of primary amides is 1. The monoisotopic (exact) mass is 540 g/mol. The number of likely N-dealkylation sites (tertiary alicyclic amines) is 1. The molecule has 206 valence electrons. The van der Waals surface area contributed by atoms with E-state index in [1.165, 1.54) is 4.90 Å². The maximum Gasteiger partial charge on any atom is 0.410 e. The van der Waals surface area contributed by atoms with Gasteiger partial charge in [-0.3, -0.25) is 14.5 Å². The van der Waals surface area contributed by atoms with Crippen LogP contribution in [0.5, 0.6) is 0 Å². The smallest absolute Gasteiger partial charge is 0.410 e. The highest BCUT2D eigenvalue weighted by Gasteiger charge is 2.36. The van der Waals surface area contributed by atoms with Crippen LogP contribution in [0, 0.1) is 0 Å². The molecule has 3 rings (SSSR count). The number of rotatable bonds is 9. The third kappa shape index (κ3) is 8.15. The lowest BCUT2D eigenvalue weighted by Crippen LogP contribution is -2.56. The maximum atomic E-state index is 13.2. The molecular formula is C29H40N4O4S. The fourth-order valence-corrected chi connectivity index (χ4v) is 5.19. The molecule has 0 unspecified atom stereocenters. The van der Waals surface area contributed by atoms with E-state index in [0.29, 0.717) is 13.0 Å². The number of nitrogens with two attached hydrogens (primary N) is 2. The Kier molecular flexibility index (Phi) is 10.1. The van der Waals surface area contributed by atoms with Gasteiger partial charge in [-0.15, -0.1) is 11.8 Å². The van der Waals surface area contributed by atoms with Gasteiger partial charge in [0, 0.05) is 23.5 Å². The van der Waals surface area contributed by atoms with Gasteiger partial charge in [0.25, 0.3) is 0 Å². The summed E-state index contributed by atoms with van der Waals surface area (Å²) >= 11 is 1.75. The number of hydrogen-bond donors (Lipinski definition) is 3. The lowest BCUT2D eigenvalue weighted by molar-refractivity contribution is -0.131. The first kappa shape index (κ1) is 29.4. The van der Waals surface area contributed by atoms with Gasteiger partial charge in [-0.2, -0.15) is 0 Å². The number of carbonyl (C=O) groups excluding carboxylic acids is 3. The summed E-state index contributed by atoms with van der Waals surface area (Å²) < 4.78 is 5.49. The average molecular weight is 541 g/mol. The average Bonchev–Trinajstić information content (AvgIpc) is 2.87. The summed E-state index contributed by atoms with van der Waals surface area (Å²) in [4.78, 5) is 40.6. The second-order valence-corrected chi connectivity index (χ2v) is 11.8. The van der Waals surface area contributed by atoms with Crippen molar-refractivity contribution in [2.24, 2.45) is 5.73 Å². The molecule has 2 aromatic rings. The van der Waals surface area contributed by atoms with Gasteiger partial charge in [0.2, 0.25) is 11.8 Å². The van der Waals surface area contributed by atoms with E-state index in [4.69, 9.17) is 16.2 Å². The van der Waals surface area contributed by atoms with Gasteiger partial charge in [0.1, 0.15) is 17.7 Å². The van der Waals surface area contributed by atoms with Crippen LogP contribution in [0.25, 0.3) is 11.1 Å². The number of nitrogens with zero attached hydrogens (tertiary/aromatic N) is 1.